The Morgan fingerprint density at radius 2 is 1.66 bits per heavy atom. The normalized spacial score (nSPS) is 12.7. The van der Waals surface area contributed by atoms with Gasteiger partial charge in [-0.1, -0.05) is 59.8 Å². The van der Waals surface area contributed by atoms with E-state index in [1.54, 1.807) is 11.8 Å². The SMILES string of the molecule is Clc1ccc(-c2nnc(Nc3ccc(Sc4ccnc5c4CCCN5)cc3)c3ccccc23)cc1. The van der Waals surface area contributed by atoms with Gasteiger partial charge < -0.3 is 10.6 Å². The smallest absolute Gasteiger partial charge is 0.161 e. The zero-order chi connectivity index (χ0) is 23.6. The molecule has 7 heteroatoms. The van der Waals surface area contributed by atoms with E-state index >= 15 is 0 Å². The molecular formula is C28H22ClN5S. The van der Waals surface area contributed by atoms with Gasteiger partial charge in [-0.3, -0.25) is 0 Å². The number of hydrogen-bond acceptors (Lipinski definition) is 6. The average Bonchev–Trinajstić information content (AvgIpc) is 2.91. The Hall–Kier alpha value is -3.61. The average molecular weight is 496 g/mol. The fourth-order valence-corrected chi connectivity index (χ4v) is 5.43. The van der Waals surface area contributed by atoms with Crippen LogP contribution in [0.25, 0.3) is 22.0 Å². The van der Waals surface area contributed by atoms with E-state index in [1.807, 2.05) is 42.6 Å². The second kappa shape index (κ2) is 9.56. The molecule has 0 atom stereocenters. The van der Waals surface area contributed by atoms with Crippen molar-refractivity contribution in [2.75, 3.05) is 17.2 Å². The molecule has 0 amide bonds. The van der Waals surface area contributed by atoms with Crippen LogP contribution in [0.1, 0.15) is 12.0 Å². The van der Waals surface area contributed by atoms with E-state index < -0.39 is 0 Å². The number of halogens is 1. The van der Waals surface area contributed by atoms with E-state index in [-0.39, 0.29) is 0 Å². The molecule has 172 valence electrons. The summed E-state index contributed by atoms with van der Waals surface area (Å²) in [5.74, 6) is 1.75. The highest BCUT2D eigenvalue weighted by molar-refractivity contribution is 7.99. The molecule has 0 radical (unpaired) electrons. The molecule has 2 N–H and O–H groups in total. The molecule has 2 aromatic heterocycles. The van der Waals surface area contributed by atoms with Crippen LogP contribution in [0.15, 0.2) is 94.9 Å². The summed E-state index contributed by atoms with van der Waals surface area (Å²) >= 11 is 7.84. The first-order valence-electron chi connectivity index (χ1n) is 11.5. The van der Waals surface area contributed by atoms with Crippen molar-refractivity contribution in [2.24, 2.45) is 0 Å². The Morgan fingerprint density at radius 1 is 0.857 bits per heavy atom. The van der Waals surface area contributed by atoms with Gasteiger partial charge in [0.05, 0.1) is 0 Å². The summed E-state index contributed by atoms with van der Waals surface area (Å²) in [6.45, 7) is 0.993. The van der Waals surface area contributed by atoms with Gasteiger partial charge in [-0.25, -0.2) is 4.98 Å². The van der Waals surface area contributed by atoms with Gasteiger partial charge in [-0.2, -0.15) is 0 Å². The molecule has 0 bridgehead atoms. The monoisotopic (exact) mass is 495 g/mol. The van der Waals surface area contributed by atoms with Crippen molar-refractivity contribution in [3.05, 3.63) is 95.6 Å². The van der Waals surface area contributed by atoms with Crippen molar-refractivity contribution >= 4 is 51.5 Å². The second-order valence-corrected chi connectivity index (χ2v) is 9.92. The Kier molecular flexibility index (Phi) is 5.98. The Bertz CT molecular complexity index is 1500. The molecule has 1 aliphatic rings. The largest absolute Gasteiger partial charge is 0.370 e. The minimum atomic E-state index is 0.700. The lowest BCUT2D eigenvalue weighted by atomic mass is 10.0. The van der Waals surface area contributed by atoms with E-state index in [0.29, 0.717) is 5.02 Å². The first kappa shape index (κ1) is 21.9. The zero-order valence-electron chi connectivity index (χ0n) is 18.8. The molecule has 0 aliphatic carbocycles. The molecule has 6 rings (SSSR count). The maximum atomic E-state index is 6.07. The predicted molar refractivity (Wildman–Crippen MR) is 145 cm³/mol. The third kappa shape index (κ3) is 4.55. The Morgan fingerprint density at radius 3 is 2.49 bits per heavy atom. The number of nitrogens with zero attached hydrogens (tertiary/aromatic N) is 3. The van der Waals surface area contributed by atoms with E-state index in [4.69, 9.17) is 11.6 Å². The lowest BCUT2D eigenvalue weighted by molar-refractivity contribution is 0.801. The quantitative estimate of drug-likeness (QED) is 0.262. The van der Waals surface area contributed by atoms with Gasteiger partial charge in [0, 0.05) is 55.1 Å². The zero-order valence-corrected chi connectivity index (χ0v) is 20.4. The number of hydrogen-bond donors (Lipinski definition) is 2. The lowest BCUT2D eigenvalue weighted by Crippen LogP contribution is -2.13. The molecule has 0 spiro atoms. The fourth-order valence-electron chi connectivity index (χ4n) is 4.32. The third-order valence-corrected chi connectivity index (χ3v) is 7.42. The highest BCUT2D eigenvalue weighted by Gasteiger charge is 2.15. The van der Waals surface area contributed by atoms with E-state index in [0.717, 1.165) is 58.7 Å². The van der Waals surface area contributed by atoms with Crippen LogP contribution < -0.4 is 10.6 Å². The molecule has 0 saturated heterocycles. The van der Waals surface area contributed by atoms with Crippen LogP contribution in [0, 0.1) is 0 Å². The molecule has 3 aromatic carbocycles. The minimum Gasteiger partial charge on any atom is -0.370 e. The van der Waals surface area contributed by atoms with Gasteiger partial charge in [0.1, 0.15) is 11.5 Å². The Balaban J connectivity index is 1.26. The number of anilines is 3. The summed E-state index contributed by atoms with van der Waals surface area (Å²) in [5, 5.41) is 18.7. The molecule has 5 aromatic rings. The van der Waals surface area contributed by atoms with Crippen LogP contribution in [0.5, 0.6) is 0 Å². The van der Waals surface area contributed by atoms with E-state index in [2.05, 4.69) is 68.3 Å². The number of nitrogens with one attached hydrogen (secondary N) is 2. The lowest BCUT2D eigenvalue weighted by Gasteiger charge is -2.19. The minimum absolute atomic E-state index is 0.700. The van der Waals surface area contributed by atoms with Gasteiger partial charge in [0.2, 0.25) is 0 Å². The molecule has 5 nitrogen and oxygen atoms in total. The van der Waals surface area contributed by atoms with Crippen LogP contribution in [-0.4, -0.2) is 21.7 Å². The fraction of sp³-hybridized carbons (Fsp3) is 0.107. The predicted octanol–water partition coefficient (Wildman–Crippen LogP) is 7.60. The van der Waals surface area contributed by atoms with Crippen molar-refractivity contribution in [2.45, 2.75) is 22.6 Å². The molecule has 1 aliphatic heterocycles. The van der Waals surface area contributed by atoms with Crippen LogP contribution in [0.4, 0.5) is 17.3 Å². The van der Waals surface area contributed by atoms with Gasteiger partial charge in [0.15, 0.2) is 5.82 Å². The van der Waals surface area contributed by atoms with Crippen molar-refractivity contribution < 1.29 is 0 Å². The molecule has 3 heterocycles. The van der Waals surface area contributed by atoms with Crippen LogP contribution in [0.3, 0.4) is 0 Å². The highest BCUT2D eigenvalue weighted by Crippen LogP contribution is 2.36. The van der Waals surface area contributed by atoms with E-state index in [9.17, 15) is 0 Å². The summed E-state index contributed by atoms with van der Waals surface area (Å²) in [7, 11) is 0. The number of fused-ring (bicyclic) bond motifs is 2. The maximum absolute atomic E-state index is 6.07. The first-order valence-corrected chi connectivity index (χ1v) is 12.7. The third-order valence-electron chi connectivity index (χ3n) is 6.06. The van der Waals surface area contributed by atoms with Crippen molar-refractivity contribution in [3.8, 4) is 11.3 Å². The van der Waals surface area contributed by atoms with Crippen LogP contribution >= 0.6 is 23.4 Å². The topological polar surface area (TPSA) is 62.7 Å². The molecule has 0 fully saturated rings. The summed E-state index contributed by atoms with van der Waals surface area (Å²) in [4.78, 5) is 6.93. The van der Waals surface area contributed by atoms with Crippen LogP contribution in [-0.2, 0) is 6.42 Å². The van der Waals surface area contributed by atoms with Gasteiger partial charge in [-0.05, 0) is 55.3 Å². The van der Waals surface area contributed by atoms with Gasteiger partial charge in [-0.15, -0.1) is 10.2 Å². The molecular weight excluding hydrogens is 474 g/mol. The summed E-state index contributed by atoms with van der Waals surface area (Å²) in [6, 6.07) is 26.4. The standard InChI is InChI=1S/C28H22ClN5S/c29-19-9-7-18(8-10-19)26-22-4-1-2-5-23(22)28(34-33-26)32-20-11-13-21(14-12-20)35-25-15-17-31-27-24(25)6-3-16-30-27/h1-2,4-5,7-15,17H,3,6,16H2,(H,30,31)(H,32,34). The summed E-state index contributed by atoms with van der Waals surface area (Å²) in [5.41, 5.74) is 4.10. The number of aromatic nitrogens is 3. The number of pyridine rings is 1. The Labute approximate surface area is 213 Å². The molecule has 0 unspecified atom stereocenters. The maximum Gasteiger partial charge on any atom is 0.161 e. The van der Waals surface area contributed by atoms with Crippen LogP contribution in [0.2, 0.25) is 5.02 Å². The van der Waals surface area contributed by atoms with Crippen molar-refractivity contribution in [1.82, 2.24) is 15.2 Å². The van der Waals surface area contributed by atoms with Gasteiger partial charge >= 0.3 is 0 Å². The second-order valence-electron chi connectivity index (χ2n) is 8.37. The summed E-state index contributed by atoms with van der Waals surface area (Å²) < 4.78 is 0. The van der Waals surface area contributed by atoms with Crippen molar-refractivity contribution in [1.29, 1.82) is 0 Å². The van der Waals surface area contributed by atoms with Crippen molar-refractivity contribution in [3.63, 3.8) is 0 Å². The molecule has 0 saturated carbocycles. The van der Waals surface area contributed by atoms with E-state index in [1.165, 1.54) is 15.4 Å². The summed E-state index contributed by atoms with van der Waals surface area (Å²) in [6.07, 6.45) is 4.09. The first-order chi connectivity index (χ1) is 17.2. The highest BCUT2D eigenvalue weighted by atomic mass is 35.5. The number of benzene rings is 3. The van der Waals surface area contributed by atoms with Gasteiger partial charge in [0.25, 0.3) is 0 Å². The molecule has 35 heavy (non-hydrogen) atoms. The number of rotatable bonds is 5.